The molecule has 0 spiro atoms. The first-order valence-corrected chi connectivity index (χ1v) is 9.85. The Balaban J connectivity index is 1.63. The van der Waals surface area contributed by atoms with Crippen molar-refractivity contribution in [3.8, 4) is 0 Å². The van der Waals surface area contributed by atoms with Gasteiger partial charge in [0.2, 0.25) is 5.89 Å². The lowest BCUT2D eigenvalue weighted by molar-refractivity contribution is 0.379. The summed E-state index contributed by atoms with van der Waals surface area (Å²) in [5.41, 5.74) is -0.0463. The molecule has 2 aromatic heterocycles. The van der Waals surface area contributed by atoms with Gasteiger partial charge in [-0.25, -0.2) is 9.98 Å². The maximum atomic E-state index is 5.83. The lowest BCUT2D eigenvalue weighted by Gasteiger charge is -2.13. The summed E-state index contributed by atoms with van der Waals surface area (Å²) in [5.74, 6) is 4.27. The van der Waals surface area contributed by atoms with E-state index in [1.807, 2.05) is 6.92 Å². The molecule has 27 heavy (non-hydrogen) atoms. The van der Waals surface area contributed by atoms with Gasteiger partial charge in [0.25, 0.3) is 0 Å². The summed E-state index contributed by atoms with van der Waals surface area (Å²) >= 11 is 0. The lowest BCUT2D eigenvalue weighted by atomic mass is 9.94. The van der Waals surface area contributed by atoms with Gasteiger partial charge in [-0.15, -0.1) is 10.2 Å². The molecule has 1 aliphatic rings. The van der Waals surface area contributed by atoms with Crippen LogP contribution >= 0.6 is 0 Å². The number of aryl methyl sites for hydroxylation is 1. The van der Waals surface area contributed by atoms with Crippen molar-refractivity contribution in [2.45, 2.75) is 78.4 Å². The Morgan fingerprint density at radius 3 is 2.81 bits per heavy atom. The molecule has 8 nitrogen and oxygen atoms in total. The van der Waals surface area contributed by atoms with E-state index in [4.69, 9.17) is 4.42 Å². The minimum atomic E-state index is -0.0463. The molecule has 3 rings (SSSR count). The van der Waals surface area contributed by atoms with Crippen molar-refractivity contribution in [3.63, 3.8) is 0 Å². The van der Waals surface area contributed by atoms with Crippen molar-refractivity contribution >= 4 is 5.96 Å². The van der Waals surface area contributed by atoms with Crippen LogP contribution in [-0.4, -0.2) is 32.3 Å². The number of aromatic nitrogens is 4. The Morgan fingerprint density at radius 1 is 1.22 bits per heavy atom. The van der Waals surface area contributed by atoms with Crippen molar-refractivity contribution in [2.24, 2.45) is 4.99 Å². The second-order valence-electron chi connectivity index (χ2n) is 7.91. The standard InChI is InChI=1S/C19H31N7O/c1-5-20-18(23-13-17-21-11-14(27-17)19(2,3)4)22-12-16-25-24-15-9-7-6-8-10-26(15)16/h11H,5-10,12-13H2,1-4H3,(H2,20,22,23). The summed E-state index contributed by atoms with van der Waals surface area (Å²) in [6, 6.07) is 0. The molecule has 3 heterocycles. The average molecular weight is 374 g/mol. The molecule has 0 saturated heterocycles. The molecule has 0 saturated carbocycles. The third kappa shape index (κ3) is 5.08. The van der Waals surface area contributed by atoms with Gasteiger partial charge in [-0.2, -0.15) is 0 Å². The van der Waals surface area contributed by atoms with E-state index in [-0.39, 0.29) is 5.41 Å². The third-order valence-corrected chi connectivity index (χ3v) is 4.61. The van der Waals surface area contributed by atoms with Crippen LogP contribution in [0.5, 0.6) is 0 Å². The van der Waals surface area contributed by atoms with E-state index in [0.29, 0.717) is 19.0 Å². The second kappa shape index (κ2) is 8.54. The summed E-state index contributed by atoms with van der Waals surface area (Å²) in [5, 5.41) is 15.2. The van der Waals surface area contributed by atoms with E-state index in [1.54, 1.807) is 6.20 Å². The Bertz CT molecular complexity index is 769. The average Bonchev–Trinajstić information content (AvgIpc) is 3.19. The van der Waals surface area contributed by atoms with Crippen molar-refractivity contribution in [2.75, 3.05) is 6.54 Å². The molecule has 0 atom stereocenters. The van der Waals surface area contributed by atoms with Gasteiger partial charge in [0.1, 0.15) is 18.1 Å². The summed E-state index contributed by atoms with van der Waals surface area (Å²) in [4.78, 5) is 9.02. The van der Waals surface area contributed by atoms with Gasteiger partial charge in [-0.3, -0.25) is 0 Å². The summed E-state index contributed by atoms with van der Waals surface area (Å²) in [7, 11) is 0. The zero-order chi connectivity index (χ0) is 19.3. The summed E-state index contributed by atoms with van der Waals surface area (Å²) in [6.07, 6.45) is 6.43. The first-order chi connectivity index (χ1) is 13.0. The zero-order valence-electron chi connectivity index (χ0n) is 16.9. The van der Waals surface area contributed by atoms with Gasteiger partial charge in [-0.1, -0.05) is 27.2 Å². The van der Waals surface area contributed by atoms with Crippen molar-refractivity contribution in [1.29, 1.82) is 0 Å². The minimum absolute atomic E-state index is 0.0463. The highest BCUT2D eigenvalue weighted by atomic mass is 16.4. The Labute approximate surface area is 160 Å². The number of fused-ring (bicyclic) bond motifs is 1. The predicted octanol–water partition coefficient (Wildman–Crippen LogP) is 2.55. The van der Waals surface area contributed by atoms with E-state index in [9.17, 15) is 0 Å². The molecule has 0 unspecified atom stereocenters. The van der Waals surface area contributed by atoms with E-state index in [1.165, 1.54) is 19.3 Å². The monoisotopic (exact) mass is 373 g/mol. The number of aliphatic imine (C=N–C) groups is 1. The molecular weight excluding hydrogens is 342 g/mol. The highest BCUT2D eigenvalue weighted by Crippen LogP contribution is 2.22. The fourth-order valence-corrected chi connectivity index (χ4v) is 3.05. The quantitative estimate of drug-likeness (QED) is 0.618. The van der Waals surface area contributed by atoms with Crippen molar-refractivity contribution < 1.29 is 4.42 Å². The van der Waals surface area contributed by atoms with Gasteiger partial charge < -0.3 is 19.6 Å². The van der Waals surface area contributed by atoms with Crippen LogP contribution in [0.2, 0.25) is 0 Å². The first kappa shape index (κ1) is 19.4. The van der Waals surface area contributed by atoms with E-state index in [2.05, 4.69) is 56.1 Å². The van der Waals surface area contributed by atoms with Crippen LogP contribution in [0.1, 0.15) is 70.3 Å². The van der Waals surface area contributed by atoms with Crippen molar-refractivity contribution in [3.05, 3.63) is 29.5 Å². The number of rotatable bonds is 5. The van der Waals surface area contributed by atoms with Gasteiger partial charge in [0.05, 0.1) is 12.7 Å². The molecule has 148 valence electrons. The number of nitrogens with zero attached hydrogens (tertiary/aromatic N) is 5. The Hall–Kier alpha value is -2.38. The Kier molecular flexibility index (Phi) is 6.13. The number of oxazole rings is 1. The van der Waals surface area contributed by atoms with Crippen molar-refractivity contribution in [1.82, 2.24) is 30.4 Å². The smallest absolute Gasteiger partial charge is 0.213 e. The first-order valence-electron chi connectivity index (χ1n) is 9.85. The molecule has 0 radical (unpaired) electrons. The number of hydrogen-bond donors (Lipinski definition) is 2. The lowest BCUT2D eigenvalue weighted by Crippen LogP contribution is -2.37. The van der Waals surface area contributed by atoms with Crippen LogP contribution in [0, 0.1) is 0 Å². The molecule has 1 aliphatic heterocycles. The summed E-state index contributed by atoms with van der Waals surface area (Å²) in [6.45, 7) is 11.1. The number of guanidine groups is 1. The predicted molar refractivity (Wildman–Crippen MR) is 104 cm³/mol. The van der Waals surface area contributed by atoms with E-state index < -0.39 is 0 Å². The summed E-state index contributed by atoms with van der Waals surface area (Å²) < 4.78 is 8.06. The fourth-order valence-electron chi connectivity index (χ4n) is 3.05. The van der Waals surface area contributed by atoms with Crippen LogP contribution in [0.3, 0.4) is 0 Å². The topological polar surface area (TPSA) is 93.2 Å². The maximum Gasteiger partial charge on any atom is 0.213 e. The molecule has 0 aliphatic carbocycles. The number of hydrogen-bond acceptors (Lipinski definition) is 5. The van der Waals surface area contributed by atoms with Crippen LogP contribution in [-0.2, 0) is 31.5 Å². The normalized spacial score (nSPS) is 15.3. The van der Waals surface area contributed by atoms with Crippen LogP contribution in [0.4, 0.5) is 0 Å². The largest absolute Gasteiger partial charge is 0.443 e. The van der Waals surface area contributed by atoms with Crippen LogP contribution < -0.4 is 10.6 Å². The zero-order valence-corrected chi connectivity index (χ0v) is 16.9. The van der Waals surface area contributed by atoms with E-state index in [0.717, 1.165) is 42.9 Å². The highest BCUT2D eigenvalue weighted by Gasteiger charge is 2.19. The van der Waals surface area contributed by atoms with Gasteiger partial charge >= 0.3 is 0 Å². The molecular formula is C19H31N7O. The van der Waals surface area contributed by atoms with Crippen LogP contribution in [0.15, 0.2) is 15.6 Å². The molecule has 0 amide bonds. The molecule has 2 aromatic rings. The minimum Gasteiger partial charge on any atom is -0.443 e. The SMILES string of the molecule is CCNC(=NCc1nnc2n1CCCCC2)NCc1ncc(C(C)(C)C)o1. The van der Waals surface area contributed by atoms with Gasteiger partial charge in [0, 0.05) is 24.9 Å². The fraction of sp³-hybridized carbons (Fsp3) is 0.684. The van der Waals surface area contributed by atoms with E-state index >= 15 is 0 Å². The molecule has 0 bridgehead atoms. The molecule has 8 heteroatoms. The maximum absolute atomic E-state index is 5.83. The molecule has 0 aromatic carbocycles. The molecule has 0 fully saturated rings. The Morgan fingerprint density at radius 2 is 2.07 bits per heavy atom. The van der Waals surface area contributed by atoms with Gasteiger partial charge in [0.15, 0.2) is 11.8 Å². The second-order valence-corrected chi connectivity index (χ2v) is 7.91. The molecule has 2 N–H and O–H groups in total. The third-order valence-electron chi connectivity index (χ3n) is 4.61. The highest BCUT2D eigenvalue weighted by molar-refractivity contribution is 5.79. The van der Waals surface area contributed by atoms with Crippen LogP contribution in [0.25, 0.3) is 0 Å². The number of nitrogens with one attached hydrogen (secondary N) is 2. The van der Waals surface area contributed by atoms with Gasteiger partial charge in [-0.05, 0) is 19.8 Å².